The first-order valence-corrected chi connectivity index (χ1v) is 14.4. The Morgan fingerprint density at radius 1 is 0.366 bits per heavy atom. The lowest BCUT2D eigenvalue weighted by atomic mass is 9.99. The van der Waals surface area contributed by atoms with Crippen molar-refractivity contribution in [1.82, 2.24) is 15.0 Å². The van der Waals surface area contributed by atoms with E-state index < -0.39 is 0 Å². The minimum absolute atomic E-state index is 0.658. The molecule has 0 spiro atoms. The fourth-order valence-corrected chi connectivity index (χ4v) is 6.71. The molecule has 41 heavy (non-hydrogen) atoms. The fraction of sp³-hybridized carbons (Fsp3) is 0. The third-order valence-corrected chi connectivity index (χ3v) is 8.67. The van der Waals surface area contributed by atoms with Gasteiger partial charge in [0.05, 0.1) is 0 Å². The van der Waals surface area contributed by atoms with Gasteiger partial charge in [-0.3, -0.25) is 0 Å². The number of aromatic nitrogens is 3. The van der Waals surface area contributed by atoms with E-state index in [0.29, 0.717) is 17.5 Å². The zero-order valence-corrected chi connectivity index (χ0v) is 22.8. The van der Waals surface area contributed by atoms with Crippen LogP contribution in [-0.2, 0) is 0 Å². The topological polar surface area (TPSA) is 38.7 Å². The average Bonchev–Trinajstić information content (AvgIpc) is 3.44. The highest BCUT2D eigenvalue weighted by molar-refractivity contribution is 7.26. The summed E-state index contributed by atoms with van der Waals surface area (Å²) in [5.74, 6) is 1.99. The lowest BCUT2D eigenvalue weighted by Crippen LogP contribution is -2.00. The maximum absolute atomic E-state index is 5.09. The third kappa shape index (κ3) is 4.17. The van der Waals surface area contributed by atoms with Gasteiger partial charge >= 0.3 is 0 Å². The van der Waals surface area contributed by atoms with Gasteiger partial charge in [0.1, 0.15) is 0 Å². The molecule has 0 aliphatic rings. The largest absolute Gasteiger partial charge is 0.208 e. The van der Waals surface area contributed by atoms with Gasteiger partial charge in [-0.05, 0) is 40.1 Å². The van der Waals surface area contributed by atoms with Crippen LogP contribution in [0, 0.1) is 0 Å². The van der Waals surface area contributed by atoms with Gasteiger partial charge in [-0.25, -0.2) is 15.0 Å². The van der Waals surface area contributed by atoms with Crippen molar-refractivity contribution in [2.24, 2.45) is 0 Å². The first kappa shape index (κ1) is 23.7. The molecule has 0 unspecified atom stereocenters. The normalized spacial score (nSPS) is 11.4. The lowest BCUT2D eigenvalue weighted by Gasteiger charge is -2.11. The Bertz CT molecular complexity index is 2200. The molecule has 8 aromatic rings. The molecule has 0 aliphatic carbocycles. The minimum atomic E-state index is 0.658. The second kappa shape index (κ2) is 9.77. The quantitative estimate of drug-likeness (QED) is 0.222. The Morgan fingerprint density at radius 2 is 0.976 bits per heavy atom. The van der Waals surface area contributed by atoms with Crippen molar-refractivity contribution in [3.05, 3.63) is 140 Å². The molecular weight excluding hydrogens is 518 g/mol. The van der Waals surface area contributed by atoms with Crippen LogP contribution in [-0.4, -0.2) is 15.0 Å². The van der Waals surface area contributed by atoms with Crippen molar-refractivity contribution < 1.29 is 0 Å². The maximum atomic E-state index is 5.09. The smallest absolute Gasteiger partial charge is 0.164 e. The summed E-state index contributed by atoms with van der Waals surface area (Å²) in [5.41, 5.74) is 5.21. The predicted molar refractivity (Wildman–Crippen MR) is 172 cm³/mol. The van der Waals surface area contributed by atoms with E-state index >= 15 is 0 Å². The Labute approximate surface area is 241 Å². The van der Waals surface area contributed by atoms with Crippen molar-refractivity contribution in [2.75, 3.05) is 0 Å². The number of nitrogens with zero attached hydrogens (tertiary/aromatic N) is 3. The summed E-state index contributed by atoms with van der Waals surface area (Å²) in [4.78, 5) is 15.1. The van der Waals surface area contributed by atoms with Crippen LogP contribution < -0.4 is 0 Å². The lowest BCUT2D eigenvalue weighted by molar-refractivity contribution is 1.08. The third-order valence-electron chi connectivity index (χ3n) is 7.54. The Kier molecular flexibility index (Phi) is 5.64. The van der Waals surface area contributed by atoms with Crippen LogP contribution in [0.25, 0.3) is 76.2 Å². The van der Waals surface area contributed by atoms with Crippen LogP contribution in [0.4, 0.5) is 0 Å². The van der Waals surface area contributed by atoms with Crippen LogP contribution in [0.5, 0.6) is 0 Å². The van der Waals surface area contributed by atoms with Gasteiger partial charge in [0, 0.05) is 36.9 Å². The molecule has 0 atom stereocenters. The molecule has 0 saturated heterocycles. The summed E-state index contributed by atoms with van der Waals surface area (Å²) in [5, 5.41) is 4.93. The highest BCUT2D eigenvalue weighted by Gasteiger charge is 2.16. The Morgan fingerprint density at radius 3 is 1.80 bits per heavy atom. The van der Waals surface area contributed by atoms with Crippen LogP contribution in [0.15, 0.2) is 140 Å². The second-order valence-electron chi connectivity index (χ2n) is 10.1. The molecule has 2 aromatic heterocycles. The van der Waals surface area contributed by atoms with Crippen molar-refractivity contribution in [1.29, 1.82) is 0 Å². The Balaban J connectivity index is 1.36. The molecular formula is C37H23N3S. The van der Waals surface area contributed by atoms with Crippen molar-refractivity contribution in [2.45, 2.75) is 0 Å². The molecule has 0 aliphatic heterocycles. The molecule has 0 radical (unpaired) electrons. The van der Waals surface area contributed by atoms with Gasteiger partial charge in [0.15, 0.2) is 17.5 Å². The van der Waals surface area contributed by atoms with Crippen LogP contribution in [0.2, 0.25) is 0 Å². The number of fused-ring (bicyclic) bond motifs is 5. The van der Waals surface area contributed by atoms with Gasteiger partial charge in [-0.1, -0.05) is 121 Å². The molecule has 0 bridgehead atoms. The van der Waals surface area contributed by atoms with Gasteiger partial charge in [0.2, 0.25) is 0 Å². The SMILES string of the molecule is c1ccc(-c2cccc(-c3nc(-c4ccccc4)nc(-c4cccc5c4ccc4sc6ccccc6c45)n3)c2)cc1. The maximum Gasteiger partial charge on any atom is 0.164 e. The predicted octanol–water partition coefficient (Wildman–Crippen LogP) is 10.1. The summed E-state index contributed by atoms with van der Waals surface area (Å²) >= 11 is 1.84. The van der Waals surface area contributed by atoms with E-state index in [2.05, 4.69) is 103 Å². The van der Waals surface area contributed by atoms with Crippen LogP contribution >= 0.6 is 11.3 Å². The molecule has 0 saturated carbocycles. The number of benzene rings is 6. The van der Waals surface area contributed by atoms with Gasteiger partial charge < -0.3 is 0 Å². The summed E-state index contributed by atoms with van der Waals surface area (Å²) < 4.78 is 2.59. The molecule has 3 nitrogen and oxygen atoms in total. The highest BCUT2D eigenvalue weighted by Crippen LogP contribution is 2.40. The standard InChI is InChI=1S/C37H23N3S/c1-3-11-24(12-4-1)26-15-9-16-27(23-26)36-38-35(25-13-5-2-6-14-25)39-37(40-36)30-19-10-18-29-28(30)21-22-33-34(29)31-17-7-8-20-32(31)41-33/h1-23H. The first-order chi connectivity index (χ1) is 20.3. The summed E-state index contributed by atoms with van der Waals surface area (Å²) in [7, 11) is 0. The van der Waals surface area contributed by atoms with E-state index in [1.807, 2.05) is 47.7 Å². The number of rotatable bonds is 4. The summed E-state index contributed by atoms with van der Waals surface area (Å²) in [6, 6.07) is 48.5. The first-order valence-electron chi connectivity index (χ1n) is 13.6. The monoisotopic (exact) mass is 541 g/mol. The van der Waals surface area contributed by atoms with Gasteiger partial charge in [-0.15, -0.1) is 11.3 Å². The molecule has 8 rings (SSSR count). The van der Waals surface area contributed by atoms with Crippen molar-refractivity contribution in [3.63, 3.8) is 0 Å². The van der Waals surface area contributed by atoms with E-state index in [0.717, 1.165) is 33.2 Å². The van der Waals surface area contributed by atoms with Crippen molar-refractivity contribution in [3.8, 4) is 45.3 Å². The molecule has 6 aromatic carbocycles. The number of thiophene rings is 1. The Hall–Kier alpha value is -5.19. The second-order valence-corrected chi connectivity index (χ2v) is 11.1. The van der Waals surface area contributed by atoms with Crippen LogP contribution in [0.1, 0.15) is 0 Å². The molecule has 2 heterocycles. The number of hydrogen-bond donors (Lipinski definition) is 0. The van der Waals surface area contributed by atoms with Gasteiger partial charge in [-0.2, -0.15) is 0 Å². The minimum Gasteiger partial charge on any atom is -0.208 e. The van der Waals surface area contributed by atoms with E-state index in [1.54, 1.807) is 0 Å². The van der Waals surface area contributed by atoms with E-state index in [1.165, 1.54) is 25.6 Å². The fourth-order valence-electron chi connectivity index (χ4n) is 5.59. The zero-order valence-electron chi connectivity index (χ0n) is 22.0. The summed E-state index contributed by atoms with van der Waals surface area (Å²) in [6.07, 6.45) is 0. The highest BCUT2D eigenvalue weighted by atomic mass is 32.1. The molecule has 4 heteroatoms. The van der Waals surface area contributed by atoms with E-state index in [-0.39, 0.29) is 0 Å². The number of hydrogen-bond acceptors (Lipinski definition) is 4. The molecule has 0 amide bonds. The molecule has 0 N–H and O–H groups in total. The zero-order chi connectivity index (χ0) is 27.2. The molecule has 0 fully saturated rings. The van der Waals surface area contributed by atoms with E-state index in [4.69, 9.17) is 15.0 Å². The van der Waals surface area contributed by atoms with Crippen molar-refractivity contribution >= 4 is 42.3 Å². The summed E-state index contributed by atoms with van der Waals surface area (Å²) in [6.45, 7) is 0. The van der Waals surface area contributed by atoms with Gasteiger partial charge in [0.25, 0.3) is 0 Å². The van der Waals surface area contributed by atoms with E-state index in [9.17, 15) is 0 Å². The molecule has 192 valence electrons. The average molecular weight is 542 g/mol. The van der Waals surface area contributed by atoms with Crippen LogP contribution in [0.3, 0.4) is 0 Å².